The third kappa shape index (κ3) is 2.63. The first-order valence-electron chi connectivity index (χ1n) is 7.00. The smallest absolute Gasteiger partial charge is 0.310 e. The van der Waals surface area contributed by atoms with E-state index in [1.807, 2.05) is 48.5 Å². The molecule has 0 spiro atoms. The standard InChI is InChI=1S/C18H15NO3/c1-12(18(20)21)14-9-5-6-10-15(14)17-19-16(11-22-17)13-7-3-2-4-8-13/h2-12H,1H3,(H,20,21). The number of hydrogen-bond acceptors (Lipinski definition) is 3. The van der Waals surface area contributed by atoms with Crippen LogP contribution in [0.4, 0.5) is 0 Å². The van der Waals surface area contributed by atoms with Crippen LogP contribution in [0.3, 0.4) is 0 Å². The van der Waals surface area contributed by atoms with E-state index in [2.05, 4.69) is 4.98 Å². The molecule has 0 amide bonds. The van der Waals surface area contributed by atoms with Gasteiger partial charge < -0.3 is 9.52 Å². The van der Waals surface area contributed by atoms with Crippen molar-refractivity contribution in [1.29, 1.82) is 0 Å². The highest BCUT2D eigenvalue weighted by atomic mass is 16.4. The minimum atomic E-state index is -0.873. The summed E-state index contributed by atoms with van der Waals surface area (Å²) in [4.78, 5) is 15.8. The van der Waals surface area contributed by atoms with Gasteiger partial charge in [-0.15, -0.1) is 0 Å². The van der Waals surface area contributed by atoms with Gasteiger partial charge in [0.2, 0.25) is 5.89 Å². The molecule has 3 rings (SSSR count). The van der Waals surface area contributed by atoms with Crippen molar-refractivity contribution >= 4 is 5.97 Å². The number of carbonyl (C=O) groups is 1. The monoisotopic (exact) mass is 293 g/mol. The Hall–Kier alpha value is -2.88. The van der Waals surface area contributed by atoms with Crippen molar-refractivity contribution in [3.05, 3.63) is 66.4 Å². The van der Waals surface area contributed by atoms with Gasteiger partial charge >= 0.3 is 5.97 Å². The number of carboxylic acids is 1. The molecule has 2 aromatic carbocycles. The normalized spacial score (nSPS) is 12.0. The molecule has 1 N–H and O–H groups in total. The van der Waals surface area contributed by atoms with Crippen LogP contribution in [-0.2, 0) is 4.79 Å². The number of carboxylic acid groups (broad SMARTS) is 1. The van der Waals surface area contributed by atoms with Gasteiger partial charge in [-0.25, -0.2) is 4.98 Å². The van der Waals surface area contributed by atoms with Gasteiger partial charge in [-0.3, -0.25) is 4.79 Å². The Morgan fingerprint density at radius 3 is 2.50 bits per heavy atom. The van der Waals surface area contributed by atoms with Crippen molar-refractivity contribution in [2.45, 2.75) is 12.8 Å². The van der Waals surface area contributed by atoms with Gasteiger partial charge in [0, 0.05) is 11.1 Å². The summed E-state index contributed by atoms with van der Waals surface area (Å²) in [6, 6.07) is 17.0. The van der Waals surface area contributed by atoms with Gasteiger partial charge in [-0.2, -0.15) is 0 Å². The minimum absolute atomic E-state index is 0.433. The average molecular weight is 293 g/mol. The molecule has 4 nitrogen and oxygen atoms in total. The van der Waals surface area contributed by atoms with E-state index in [9.17, 15) is 9.90 Å². The molecule has 4 heteroatoms. The van der Waals surface area contributed by atoms with E-state index in [4.69, 9.17) is 4.42 Å². The van der Waals surface area contributed by atoms with Crippen LogP contribution in [0, 0.1) is 0 Å². The van der Waals surface area contributed by atoms with E-state index in [-0.39, 0.29) is 0 Å². The molecular weight excluding hydrogens is 278 g/mol. The van der Waals surface area contributed by atoms with Gasteiger partial charge in [0.1, 0.15) is 12.0 Å². The van der Waals surface area contributed by atoms with Crippen LogP contribution in [0.5, 0.6) is 0 Å². The van der Waals surface area contributed by atoms with Gasteiger partial charge in [0.05, 0.1) is 5.92 Å². The number of oxazole rings is 1. The molecule has 0 radical (unpaired) electrons. The molecule has 1 atom stereocenters. The lowest BCUT2D eigenvalue weighted by Gasteiger charge is -2.10. The number of hydrogen-bond donors (Lipinski definition) is 1. The maximum absolute atomic E-state index is 11.3. The predicted molar refractivity (Wildman–Crippen MR) is 83.4 cm³/mol. The molecule has 0 aliphatic heterocycles. The molecule has 1 unspecified atom stereocenters. The molecule has 0 aliphatic rings. The first-order chi connectivity index (χ1) is 10.7. The summed E-state index contributed by atoms with van der Waals surface area (Å²) in [5.41, 5.74) is 3.09. The molecule has 0 saturated carbocycles. The lowest BCUT2D eigenvalue weighted by Crippen LogP contribution is -2.08. The van der Waals surface area contributed by atoms with Crippen LogP contribution >= 0.6 is 0 Å². The van der Waals surface area contributed by atoms with Crippen LogP contribution < -0.4 is 0 Å². The summed E-state index contributed by atoms with van der Waals surface area (Å²) < 4.78 is 5.57. The highest BCUT2D eigenvalue weighted by Gasteiger charge is 2.20. The molecule has 0 aliphatic carbocycles. The Labute approximate surface area is 128 Å². The van der Waals surface area contributed by atoms with E-state index >= 15 is 0 Å². The van der Waals surface area contributed by atoms with E-state index in [1.54, 1.807) is 19.3 Å². The molecule has 1 heterocycles. The third-order valence-electron chi connectivity index (χ3n) is 3.60. The van der Waals surface area contributed by atoms with Crippen molar-refractivity contribution in [2.75, 3.05) is 0 Å². The second kappa shape index (κ2) is 5.85. The summed E-state index contributed by atoms with van der Waals surface area (Å²) in [5.74, 6) is -1.06. The molecule has 22 heavy (non-hydrogen) atoms. The highest BCUT2D eigenvalue weighted by Crippen LogP contribution is 2.30. The number of aliphatic carboxylic acids is 1. The molecule has 1 aromatic heterocycles. The Morgan fingerprint density at radius 1 is 1.09 bits per heavy atom. The largest absolute Gasteiger partial charge is 0.481 e. The topological polar surface area (TPSA) is 63.3 Å². The van der Waals surface area contributed by atoms with E-state index in [0.29, 0.717) is 17.0 Å². The van der Waals surface area contributed by atoms with Crippen LogP contribution in [0.15, 0.2) is 65.3 Å². The van der Waals surface area contributed by atoms with Crippen LogP contribution in [0.2, 0.25) is 0 Å². The Morgan fingerprint density at radius 2 is 1.77 bits per heavy atom. The molecule has 3 aromatic rings. The summed E-state index contributed by atoms with van der Waals surface area (Å²) in [5, 5.41) is 9.24. The molecular formula is C18H15NO3. The first kappa shape index (κ1) is 14.1. The molecule has 110 valence electrons. The number of nitrogens with zero attached hydrogens (tertiary/aromatic N) is 1. The highest BCUT2D eigenvalue weighted by molar-refractivity contribution is 5.79. The fraction of sp³-hybridized carbons (Fsp3) is 0.111. The lowest BCUT2D eigenvalue weighted by molar-refractivity contribution is -0.138. The molecule has 0 fully saturated rings. The summed E-state index contributed by atoms with van der Waals surface area (Å²) >= 11 is 0. The molecule has 0 bridgehead atoms. The second-order valence-electron chi connectivity index (χ2n) is 5.05. The quantitative estimate of drug-likeness (QED) is 0.783. The van der Waals surface area contributed by atoms with Gasteiger partial charge in [-0.05, 0) is 18.6 Å². The second-order valence-corrected chi connectivity index (χ2v) is 5.05. The SMILES string of the molecule is CC(C(=O)O)c1ccccc1-c1nc(-c2ccccc2)co1. The van der Waals surface area contributed by atoms with Crippen molar-refractivity contribution in [1.82, 2.24) is 4.98 Å². The Balaban J connectivity index is 2.03. The zero-order chi connectivity index (χ0) is 15.5. The van der Waals surface area contributed by atoms with Crippen molar-refractivity contribution in [3.63, 3.8) is 0 Å². The maximum Gasteiger partial charge on any atom is 0.310 e. The average Bonchev–Trinajstić information content (AvgIpc) is 3.05. The van der Waals surface area contributed by atoms with Crippen LogP contribution in [0.25, 0.3) is 22.7 Å². The fourth-order valence-electron chi connectivity index (χ4n) is 2.34. The summed E-state index contributed by atoms with van der Waals surface area (Å²) in [7, 11) is 0. The fourth-order valence-corrected chi connectivity index (χ4v) is 2.34. The first-order valence-corrected chi connectivity index (χ1v) is 7.00. The lowest BCUT2D eigenvalue weighted by atomic mass is 9.96. The zero-order valence-electron chi connectivity index (χ0n) is 12.1. The Bertz CT molecular complexity index is 793. The van der Waals surface area contributed by atoms with Gasteiger partial charge in [0.25, 0.3) is 0 Å². The minimum Gasteiger partial charge on any atom is -0.481 e. The third-order valence-corrected chi connectivity index (χ3v) is 3.60. The van der Waals surface area contributed by atoms with Crippen molar-refractivity contribution in [3.8, 4) is 22.7 Å². The van der Waals surface area contributed by atoms with Crippen molar-refractivity contribution in [2.24, 2.45) is 0 Å². The number of benzene rings is 2. The Kier molecular flexibility index (Phi) is 3.74. The van der Waals surface area contributed by atoms with Crippen LogP contribution in [0.1, 0.15) is 18.4 Å². The zero-order valence-corrected chi connectivity index (χ0v) is 12.1. The summed E-state index contributed by atoms with van der Waals surface area (Å²) in [6.07, 6.45) is 1.59. The van der Waals surface area contributed by atoms with Gasteiger partial charge in [0.15, 0.2) is 0 Å². The van der Waals surface area contributed by atoms with Gasteiger partial charge in [-0.1, -0.05) is 48.5 Å². The predicted octanol–water partition coefficient (Wildman–Crippen LogP) is 4.20. The summed E-state index contributed by atoms with van der Waals surface area (Å²) in [6.45, 7) is 1.65. The van der Waals surface area contributed by atoms with Crippen LogP contribution in [-0.4, -0.2) is 16.1 Å². The van der Waals surface area contributed by atoms with E-state index in [1.165, 1.54) is 0 Å². The number of rotatable bonds is 4. The van der Waals surface area contributed by atoms with E-state index < -0.39 is 11.9 Å². The van der Waals surface area contributed by atoms with Crippen molar-refractivity contribution < 1.29 is 14.3 Å². The van der Waals surface area contributed by atoms with E-state index in [0.717, 1.165) is 11.3 Å². The number of aromatic nitrogens is 1. The maximum atomic E-state index is 11.3. The molecule has 0 saturated heterocycles.